The molecule has 0 radical (unpaired) electrons. The zero-order valence-corrected chi connectivity index (χ0v) is 21.3. The van der Waals surface area contributed by atoms with Crippen LogP contribution in [0.5, 0.6) is 5.75 Å². The molecular weight excluding hydrogens is 568 g/mol. The Morgan fingerprint density at radius 3 is 2.53 bits per heavy atom. The lowest BCUT2D eigenvalue weighted by Crippen LogP contribution is -2.21. The molecule has 15 heteroatoms. The molecule has 0 bridgehead atoms. The number of hydrogen-bond acceptors (Lipinski definition) is 9. The predicted octanol–water partition coefficient (Wildman–Crippen LogP) is 4.15. The van der Waals surface area contributed by atoms with E-state index in [9.17, 15) is 27.4 Å². The highest BCUT2D eigenvalue weighted by atomic mass is 79.9. The van der Waals surface area contributed by atoms with Crippen LogP contribution in [-0.4, -0.2) is 41.2 Å². The van der Waals surface area contributed by atoms with Crippen molar-refractivity contribution >= 4 is 53.0 Å². The number of nitrogens with zero attached hydrogens (tertiary/aromatic N) is 3. The molecule has 0 aliphatic heterocycles. The van der Waals surface area contributed by atoms with Crippen LogP contribution < -0.4 is 25.6 Å². The van der Waals surface area contributed by atoms with Crippen LogP contribution >= 0.6 is 24.0 Å². The van der Waals surface area contributed by atoms with E-state index in [1.54, 1.807) is 18.2 Å². The summed E-state index contributed by atoms with van der Waals surface area (Å²) < 4.78 is 57.5. The summed E-state index contributed by atoms with van der Waals surface area (Å²) in [7, 11) is 0.211. The van der Waals surface area contributed by atoms with E-state index < -0.39 is 31.5 Å². The summed E-state index contributed by atoms with van der Waals surface area (Å²) in [5, 5.41) is 7.72. The lowest BCUT2D eigenvalue weighted by molar-refractivity contribution is -0.164. The minimum absolute atomic E-state index is 0.00802. The van der Waals surface area contributed by atoms with Crippen LogP contribution in [0.15, 0.2) is 41.1 Å². The molecule has 1 aromatic carbocycles. The van der Waals surface area contributed by atoms with Gasteiger partial charge in [0.1, 0.15) is 27.9 Å². The third-order valence-electron chi connectivity index (χ3n) is 4.75. The molecule has 0 spiro atoms. The summed E-state index contributed by atoms with van der Waals surface area (Å²) in [6.45, 7) is 0. The molecule has 3 aromatic rings. The molecule has 0 saturated heterocycles. The fourth-order valence-corrected chi connectivity index (χ4v) is 3.79. The number of carbonyl (C=O) groups excluding carboxylic acids is 1. The van der Waals surface area contributed by atoms with Crippen molar-refractivity contribution in [2.24, 2.45) is 0 Å². The number of aryl methyl sites for hydroxylation is 1. The molecule has 10 nitrogen and oxygen atoms in total. The molecule has 3 rings (SSSR count). The van der Waals surface area contributed by atoms with Gasteiger partial charge in [-0.15, -0.1) is 0 Å². The number of nitrogens with one attached hydrogen (secondary N) is 3. The van der Waals surface area contributed by atoms with Crippen molar-refractivity contribution in [1.29, 1.82) is 0 Å². The number of methoxy groups -OCH3 is 1. The number of halogens is 4. The Labute approximate surface area is 212 Å². The molecule has 2 aromatic heterocycles. The number of alkyl halides is 3. The summed E-state index contributed by atoms with van der Waals surface area (Å²) in [4.78, 5) is 34.8. The number of aromatic nitrogens is 3. The van der Waals surface area contributed by atoms with E-state index in [0.717, 1.165) is 0 Å². The predicted molar refractivity (Wildman–Crippen MR) is 128 cm³/mol. The molecule has 1 atom stereocenters. The highest BCUT2D eigenvalue weighted by molar-refractivity contribution is 9.10. The first-order valence-electron chi connectivity index (χ1n) is 10.2. The molecule has 36 heavy (non-hydrogen) atoms. The number of amides is 1. The maximum Gasteiger partial charge on any atom is 0.421 e. The van der Waals surface area contributed by atoms with Crippen LogP contribution in [0.3, 0.4) is 0 Å². The topological polar surface area (TPSA) is 141 Å². The first-order chi connectivity index (χ1) is 17.0. The van der Waals surface area contributed by atoms with Crippen LogP contribution in [0.2, 0.25) is 0 Å². The number of ether oxygens (including phenoxy) is 1. The van der Waals surface area contributed by atoms with Crippen molar-refractivity contribution in [2.45, 2.75) is 12.6 Å². The van der Waals surface area contributed by atoms with Crippen LogP contribution in [0, 0.1) is 0 Å². The van der Waals surface area contributed by atoms with Crippen LogP contribution in [0.25, 0.3) is 0 Å². The monoisotopic (exact) mass is 586 g/mol. The zero-order chi connectivity index (χ0) is 26.5. The Morgan fingerprint density at radius 1 is 1.17 bits per heavy atom. The average Bonchev–Trinajstić information content (AvgIpc) is 2.83. The number of hydrogen-bond donors (Lipinski definition) is 3. The van der Waals surface area contributed by atoms with Crippen LogP contribution in [0.1, 0.15) is 21.6 Å². The first kappa shape index (κ1) is 27.2. The maximum atomic E-state index is 13.7. The Bertz CT molecular complexity index is 1290. The second-order valence-electron chi connectivity index (χ2n) is 7.15. The van der Waals surface area contributed by atoms with Crippen molar-refractivity contribution in [3.8, 4) is 5.75 Å². The van der Waals surface area contributed by atoms with Crippen molar-refractivity contribution in [2.75, 3.05) is 31.0 Å². The minimum Gasteiger partial charge on any atom is -0.596 e. The van der Waals surface area contributed by atoms with E-state index in [1.165, 1.54) is 26.3 Å². The molecule has 0 saturated carbocycles. The van der Waals surface area contributed by atoms with Crippen molar-refractivity contribution in [3.05, 3.63) is 58.0 Å². The Hall–Kier alpha value is -3.35. The lowest BCUT2D eigenvalue weighted by Gasteiger charge is -2.17. The number of benzene rings is 1. The van der Waals surface area contributed by atoms with Gasteiger partial charge < -0.3 is 25.6 Å². The third-order valence-corrected chi connectivity index (χ3v) is 5.78. The van der Waals surface area contributed by atoms with E-state index in [-0.39, 0.29) is 29.9 Å². The highest BCUT2D eigenvalue weighted by Gasteiger charge is 2.36. The van der Waals surface area contributed by atoms with Gasteiger partial charge in [0.2, 0.25) is 5.95 Å². The summed E-state index contributed by atoms with van der Waals surface area (Å²) >= 11 is 3.13. The van der Waals surface area contributed by atoms with Gasteiger partial charge in [0.25, 0.3) is 5.91 Å². The summed E-state index contributed by atoms with van der Waals surface area (Å²) in [6.07, 6.45) is -3.95. The number of carbonyl (C=O) groups is 1. The van der Waals surface area contributed by atoms with E-state index >= 15 is 0 Å². The Morgan fingerprint density at radius 2 is 1.89 bits per heavy atom. The van der Waals surface area contributed by atoms with Gasteiger partial charge in [-0.05, 0) is 45.8 Å². The van der Waals surface area contributed by atoms with Crippen molar-refractivity contribution in [3.63, 3.8) is 0 Å². The van der Waals surface area contributed by atoms with Gasteiger partial charge in [0, 0.05) is 19.7 Å². The highest BCUT2D eigenvalue weighted by Crippen LogP contribution is 2.36. The molecule has 190 valence electrons. The van der Waals surface area contributed by atoms with Gasteiger partial charge in [-0.1, -0.05) is 10.6 Å². The summed E-state index contributed by atoms with van der Waals surface area (Å²) in [5.74, 6) is -1.10. The summed E-state index contributed by atoms with van der Waals surface area (Å²) in [5.41, 5.74) is -0.281. The maximum absolute atomic E-state index is 13.7. The van der Waals surface area contributed by atoms with Gasteiger partial charge in [0.05, 0.1) is 18.5 Å². The molecule has 0 fully saturated rings. The van der Waals surface area contributed by atoms with E-state index in [0.29, 0.717) is 27.8 Å². The van der Waals surface area contributed by atoms with Crippen LogP contribution in [-0.2, 0) is 17.2 Å². The van der Waals surface area contributed by atoms with Crippen molar-refractivity contribution in [1.82, 2.24) is 20.3 Å². The van der Waals surface area contributed by atoms with Crippen LogP contribution in [0.4, 0.5) is 36.3 Å². The normalized spacial score (nSPS) is 11.6. The minimum atomic E-state index is -4.79. The number of pyridine rings is 1. The fraction of sp³-hybridized carbons (Fsp3) is 0.238. The molecule has 1 amide bonds. The lowest BCUT2D eigenvalue weighted by atomic mass is 10.1. The van der Waals surface area contributed by atoms with Gasteiger partial charge in [-0.25, -0.2) is 9.97 Å². The Kier molecular flexibility index (Phi) is 8.77. The summed E-state index contributed by atoms with van der Waals surface area (Å²) in [6, 6.07) is 7.67. The molecule has 0 aliphatic rings. The fourth-order valence-electron chi connectivity index (χ4n) is 3.04. The zero-order valence-electron chi connectivity index (χ0n) is 18.8. The second-order valence-corrected chi connectivity index (χ2v) is 9.08. The first-order valence-corrected chi connectivity index (χ1v) is 12.3. The third kappa shape index (κ3) is 6.86. The quantitative estimate of drug-likeness (QED) is 0.249. The van der Waals surface area contributed by atoms with Gasteiger partial charge in [-0.3, -0.25) is 4.79 Å². The largest absolute Gasteiger partial charge is 0.596 e. The molecule has 1 unspecified atom stereocenters. The molecule has 2 heterocycles. The van der Waals surface area contributed by atoms with E-state index in [4.69, 9.17) is 4.74 Å². The number of rotatable bonds is 9. The van der Waals surface area contributed by atoms with E-state index in [1.807, 2.05) is 0 Å². The number of anilines is 4. The smallest absolute Gasteiger partial charge is 0.421 e. The van der Waals surface area contributed by atoms with Gasteiger partial charge in [-0.2, -0.15) is 18.2 Å². The molecule has 3 N–H and O–H groups in total. The molecular formula is C21H19BrF3N6O4P. The van der Waals surface area contributed by atoms with E-state index in [2.05, 4.69) is 46.8 Å². The standard InChI is InChI=1S/C21H19BrF3N6O4P/c1-26-19(32)17-14(5-6-16(22)30-17)28-18-12(21(23,24)25)10-27-20(31-18)29-13-4-3-11(7-8-36(33)34)9-15(13)35-2/h3-6,9-10H,7-8H2,1-2H3,(H,26,32)(H2,27,28,29,31). The van der Waals surface area contributed by atoms with Gasteiger partial charge in [0.15, 0.2) is 5.69 Å². The van der Waals surface area contributed by atoms with Gasteiger partial charge >= 0.3 is 14.2 Å². The van der Waals surface area contributed by atoms with Crippen molar-refractivity contribution < 1.29 is 32.2 Å². The second kappa shape index (κ2) is 11.6. The average molecular weight is 587 g/mol. The SMILES string of the molecule is CNC(=O)c1nc(Br)ccc1Nc1nc(Nc2ccc(CC[P+](=O)[O-])cc2OC)ncc1C(F)(F)F. The Balaban J connectivity index is 1.98. The molecule has 0 aliphatic carbocycles.